The molecule has 0 aromatic heterocycles. The molecule has 0 aliphatic heterocycles. The molecule has 0 saturated carbocycles. The zero-order valence-corrected chi connectivity index (χ0v) is 16.9. The Morgan fingerprint density at radius 3 is 1.88 bits per heavy atom. The van der Waals surface area contributed by atoms with Crippen LogP contribution < -0.4 is 5.73 Å². The van der Waals surface area contributed by atoms with Gasteiger partial charge in [0.05, 0.1) is 6.61 Å². The summed E-state index contributed by atoms with van der Waals surface area (Å²) in [6.07, 6.45) is 16.0. The number of aliphatic hydroxyl groups excluding tert-OH is 2. The molecule has 0 radical (unpaired) electrons. The first kappa shape index (κ1) is 25.7. The van der Waals surface area contributed by atoms with Crippen LogP contribution in [-0.2, 0) is 9.09 Å². The van der Waals surface area contributed by atoms with Crippen molar-refractivity contribution in [2.45, 2.75) is 95.8 Å². The number of phosphoric ester groups is 1. The number of nitrogens with two attached hydrogens (primary N) is 1. The van der Waals surface area contributed by atoms with Crippen LogP contribution >= 0.6 is 7.82 Å². The van der Waals surface area contributed by atoms with Gasteiger partial charge in [-0.1, -0.05) is 83.3 Å². The molecule has 26 heavy (non-hydrogen) atoms. The summed E-state index contributed by atoms with van der Waals surface area (Å²) in [5, 5.41) is 19.0. The van der Waals surface area contributed by atoms with Crippen molar-refractivity contribution in [3.05, 3.63) is 12.2 Å². The van der Waals surface area contributed by atoms with Crippen molar-refractivity contribution in [1.82, 2.24) is 0 Å². The predicted octanol–water partition coefficient (Wildman–Crippen LogP) is 3.36. The monoisotopic (exact) mass is 395 g/mol. The van der Waals surface area contributed by atoms with Gasteiger partial charge in [0.15, 0.2) is 5.72 Å². The van der Waals surface area contributed by atoms with Gasteiger partial charge in [-0.15, -0.1) is 0 Å². The SMILES string of the molecule is CCCCCCCCCCCCC/C=C/[C@@H](O)[C@](N)(CO)OP(=O)(O)O. The highest BCUT2D eigenvalue weighted by Crippen LogP contribution is 2.40. The van der Waals surface area contributed by atoms with Gasteiger partial charge in [0.1, 0.15) is 6.10 Å². The van der Waals surface area contributed by atoms with Crippen molar-refractivity contribution in [3.63, 3.8) is 0 Å². The minimum atomic E-state index is -4.91. The van der Waals surface area contributed by atoms with E-state index in [1.807, 2.05) is 0 Å². The van der Waals surface area contributed by atoms with E-state index in [2.05, 4.69) is 11.4 Å². The fourth-order valence-electron chi connectivity index (χ4n) is 2.71. The molecule has 0 rings (SSSR count). The molecule has 2 atom stereocenters. The van der Waals surface area contributed by atoms with Crippen molar-refractivity contribution in [3.8, 4) is 0 Å². The summed E-state index contributed by atoms with van der Waals surface area (Å²) in [4.78, 5) is 17.6. The first-order valence-corrected chi connectivity index (χ1v) is 11.3. The number of hydrogen-bond acceptors (Lipinski definition) is 5. The van der Waals surface area contributed by atoms with Crippen molar-refractivity contribution in [2.24, 2.45) is 5.73 Å². The molecular formula is C18H38NO6P. The maximum absolute atomic E-state index is 10.8. The van der Waals surface area contributed by atoms with E-state index in [0.717, 1.165) is 19.3 Å². The van der Waals surface area contributed by atoms with Crippen LogP contribution in [0.25, 0.3) is 0 Å². The second kappa shape index (κ2) is 14.7. The normalized spacial score (nSPS) is 16.1. The highest BCUT2D eigenvalue weighted by atomic mass is 31.2. The largest absolute Gasteiger partial charge is 0.471 e. The molecule has 0 heterocycles. The summed E-state index contributed by atoms with van der Waals surface area (Å²) in [5.74, 6) is 0. The minimum absolute atomic E-state index is 0.728. The number of allylic oxidation sites excluding steroid dienone is 1. The second-order valence-electron chi connectivity index (χ2n) is 6.89. The van der Waals surface area contributed by atoms with Gasteiger partial charge in [0.25, 0.3) is 0 Å². The molecule has 8 heteroatoms. The fraction of sp³-hybridized carbons (Fsp3) is 0.889. The lowest BCUT2D eigenvalue weighted by atomic mass is 10.0. The zero-order valence-electron chi connectivity index (χ0n) is 16.1. The van der Waals surface area contributed by atoms with Crippen LogP contribution in [0.4, 0.5) is 0 Å². The molecule has 0 saturated heterocycles. The summed E-state index contributed by atoms with van der Waals surface area (Å²) >= 11 is 0. The Hall–Kier alpha value is -0.270. The van der Waals surface area contributed by atoms with Crippen LogP contribution in [0.15, 0.2) is 12.2 Å². The van der Waals surface area contributed by atoms with Crippen molar-refractivity contribution in [2.75, 3.05) is 6.61 Å². The third-order valence-corrected chi connectivity index (χ3v) is 4.91. The number of hydrogen-bond donors (Lipinski definition) is 5. The van der Waals surface area contributed by atoms with Crippen molar-refractivity contribution in [1.29, 1.82) is 0 Å². The van der Waals surface area contributed by atoms with E-state index >= 15 is 0 Å². The maximum atomic E-state index is 10.8. The summed E-state index contributed by atoms with van der Waals surface area (Å²) in [5.41, 5.74) is 3.29. The molecule has 0 bridgehead atoms. The van der Waals surface area contributed by atoms with Crippen molar-refractivity contribution >= 4 is 7.82 Å². The van der Waals surface area contributed by atoms with Gasteiger partial charge in [-0.3, -0.25) is 10.3 Å². The quantitative estimate of drug-likeness (QED) is 0.110. The summed E-state index contributed by atoms with van der Waals surface area (Å²) in [6.45, 7) is 1.31. The first-order valence-electron chi connectivity index (χ1n) is 9.76. The zero-order chi connectivity index (χ0) is 19.9. The van der Waals surface area contributed by atoms with Gasteiger partial charge < -0.3 is 20.0 Å². The Labute approximate surface area is 157 Å². The molecular weight excluding hydrogens is 357 g/mol. The average Bonchev–Trinajstić information content (AvgIpc) is 2.57. The Kier molecular flexibility index (Phi) is 14.6. The maximum Gasteiger partial charge on any atom is 0.471 e. The summed E-state index contributed by atoms with van der Waals surface area (Å²) < 4.78 is 15.1. The Balaban J connectivity index is 3.75. The Morgan fingerprint density at radius 1 is 1.00 bits per heavy atom. The third kappa shape index (κ3) is 13.9. The molecule has 7 nitrogen and oxygen atoms in total. The van der Waals surface area contributed by atoms with Crippen molar-refractivity contribution < 1.29 is 29.1 Å². The third-order valence-electron chi connectivity index (χ3n) is 4.33. The number of rotatable bonds is 17. The predicted molar refractivity (Wildman–Crippen MR) is 103 cm³/mol. The smallest absolute Gasteiger partial charge is 0.392 e. The highest BCUT2D eigenvalue weighted by molar-refractivity contribution is 7.46. The molecule has 0 fully saturated rings. The van der Waals surface area contributed by atoms with E-state index in [1.165, 1.54) is 63.9 Å². The van der Waals surface area contributed by atoms with Gasteiger partial charge in [-0.05, 0) is 12.8 Å². The lowest BCUT2D eigenvalue weighted by Crippen LogP contribution is -2.54. The fourth-order valence-corrected chi connectivity index (χ4v) is 3.32. The second-order valence-corrected chi connectivity index (χ2v) is 8.06. The number of phosphoric acid groups is 1. The van der Waals surface area contributed by atoms with E-state index in [-0.39, 0.29) is 0 Å². The van der Waals surface area contributed by atoms with Crippen LogP contribution in [0.3, 0.4) is 0 Å². The van der Waals surface area contributed by atoms with Gasteiger partial charge in [-0.25, -0.2) is 4.57 Å². The molecule has 156 valence electrons. The average molecular weight is 395 g/mol. The van der Waals surface area contributed by atoms with Crippen LogP contribution in [0.2, 0.25) is 0 Å². The van der Waals surface area contributed by atoms with Crippen LogP contribution in [0.5, 0.6) is 0 Å². The molecule has 0 spiro atoms. The molecule has 0 amide bonds. The lowest BCUT2D eigenvalue weighted by Gasteiger charge is -2.30. The molecule has 0 aromatic carbocycles. The van der Waals surface area contributed by atoms with Crippen LogP contribution in [-0.4, -0.2) is 38.4 Å². The van der Waals surface area contributed by atoms with Crippen LogP contribution in [0, 0.1) is 0 Å². The van der Waals surface area contributed by atoms with Gasteiger partial charge >= 0.3 is 7.82 Å². The molecule has 0 unspecified atom stereocenters. The number of aliphatic hydroxyl groups is 2. The standard InChI is InChI=1S/C18H38NO6P/c1-2-3-4-5-6-7-8-9-10-11-12-13-14-15-17(21)18(19,16-20)25-26(22,23)24/h14-15,17,20-21H,2-13,16,19H2,1H3,(H2,22,23,24)/b15-14+/t17-,18+/m1/s1. The van der Waals surface area contributed by atoms with E-state index in [4.69, 9.17) is 20.6 Å². The highest BCUT2D eigenvalue weighted by Gasteiger charge is 2.39. The molecule has 0 aliphatic rings. The Morgan fingerprint density at radius 2 is 1.46 bits per heavy atom. The van der Waals surface area contributed by atoms with E-state index in [9.17, 15) is 9.67 Å². The van der Waals surface area contributed by atoms with E-state index < -0.39 is 26.3 Å². The van der Waals surface area contributed by atoms with Gasteiger partial charge in [0, 0.05) is 0 Å². The minimum Gasteiger partial charge on any atom is -0.392 e. The molecule has 0 aliphatic carbocycles. The first-order chi connectivity index (χ1) is 12.2. The number of unbranched alkanes of at least 4 members (excludes halogenated alkanes) is 11. The molecule has 0 aromatic rings. The van der Waals surface area contributed by atoms with E-state index in [1.54, 1.807) is 6.08 Å². The molecule has 6 N–H and O–H groups in total. The van der Waals surface area contributed by atoms with E-state index in [0.29, 0.717) is 0 Å². The van der Waals surface area contributed by atoms with Crippen LogP contribution in [0.1, 0.15) is 84.0 Å². The van der Waals surface area contributed by atoms with Gasteiger partial charge in [0.2, 0.25) is 0 Å². The lowest BCUT2D eigenvalue weighted by molar-refractivity contribution is -0.0759. The van der Waals surface area contributed by atoms with Gasteiger partial charge in [-0.2, -0.15) is 0 Å². The topological polar surface area (TPSA) is 133 Å². The Bertz CT molecular complexity index is 414. The summed E-state index contributed by atoms with van der Waals surface area (Å²) in [6, 6.07) is 0. The summed E-state index contributed by atoms with van der Waals surface area (Å²) in [7, 11) is -4.91.